The Bertz CT molecular complexity index is 707. The van der Waals surface area contributed by atoms with Crippen molar-refractivity contribution in [3.8, 4) is 0 Å². The number of rotatable bonds is 2. The van der Waals surface area contributed by atoms with Gasteiger partial charge in [-0.1, -0.05) is 6.07 Å². The van der Waals surface area contributed by atoms with Gasteiger partial charge in [0.05, 0.1) is 29.1 Å². The zero-order chi connectivity index (χ0) is 17.6. The number of aliphatic imine (C=N–C) groups is 1. The van der Waals surface area contributed by atoms with E-state index in [0.29, 0.717) is 11.4 Å². The Balaban J connectivity index is 0.000000231. The standard InChI is InChI=1S/C9H13N3.C8H13N3/c1-6-3-4-8(12-5-10)9(11)7(6)2;1-5-3-7(9)8(11-10)4-6(5)2/h3-5H,11H2,1-2H3,(H2,10,12);3-4,11H,9-10H2,1-2H3. The van der Waals surface area contributed by atoms with E-state index in [9.17, 15) is 0 Å². The first-order chi connectivity index (χ1) is 10.8. The normalized spacial score (nSPS) is 10.3. The van der Waals surface area contributed by atoms with Gasteiger partial charge in [-0.05, 0) is 68.1 Å². The number of hydrogen-bond donors (Lipinski definition) is 5. The van der Waals surface area contributed by atoms with Crippen LogP contribution in [0.3, 0.4) is 0 Å². The minimum Gasteiger partial charge on any atom is -0.397 e. The predicted octanol–water partition coefficient (Wildman–Crippen LogP) is 2.68. The molecule has 23 heavy (non-hydrogen) atoms. The number of hydrogen-bond acceptors (Lipinski definition) is 5. The Labute approximate surface area is 137 Å². The maximum atomic E-state index is 5.80. The number of aryl methyl sites for hydroxylation is 3. The number of nitrogens with zero attached hydrogens (tertiary/aromatic N) is 1. The smallest absolute Gasteiger partial charge is 0.0879 e. The van der Waals surface area contributed by atoms with Gasteiger partial charge < -0.3 is 22.6 Å². The van der Waals surface area contributed by atoms with Crippen LogP contribution in [-0.4, -0.2) is 6.34 Å². The summed E-state index contributed by atoms with van der Waals surface area (Å²) >= 11 is 0. The quantitative estimate of drug-likeness (QED) is 0.191. The number of anilines is 3. The van der Waals surface area contributed by atoms with Crippen LogP contribution in [0.25, 0.3) is 0 Å². The predicted molar refractivity (Wildman–Crippen MR) is 101 cm³/mol. The van der Waals surface area contributed by atoms with E-state index in [0.717, 1.165) is 16.9 Å². The van der Waals surface area contributed by atoms with Gasteiger partial charge in [0.25, 0.3) is 0 Å². The summed E-state index contributed by atoms with van der Waals surface area (Å²) in [6.45, 7) is 8.03. The molecule has 0 heterocycles. The van der Waals surface area contributed by atoms with Crippen molar-refractivity contribution >= 4 is 29.1 Å². The lowest BCUT2D eigenvalue weighted by Gasteiger charge is -2.07. The molecular weight excluding hydrogens is 288 g/mol. The third-order valence-electron chi connectivity index (χ3n) is 3.80. The van der Waals surface area contributed by atoms with Crippen molar-refractivity contribution in [2.45, 2.75) is 27.7 Å². The summed E-state index contributed by atoms with van der Waals surface area (Å²) in [7, 11) is 0. The van der Waals surface area contributed by atoms with Crippen molar-refractivity contribution in [1.29, 1.82) is 0 Å². The highest BCUT2D eigenvalue weighted by molar-refractivity contribution is 5.72. The molecule has 124 valence electrons. The SMILES string of the molecule is Cc1cc(N)c(NN)cc1C.Cc1ccc(N=CN)c(N)c1C. The van der Waals surface area contributed by atoms with Crippen molar-refractivity contribution in [3.63, 3.8) is 0 Å². The summed E-state index contributed by atoms with van der Waals surface area (Å²) in [6.07, 6.45) is 1.25. The third-order valence-corrected chi connectivity index (χ3v) is 3.80. The van der Waals surface area contributed by atoms with Gasteiger partial charge in [-0.25, -0.2) is 4.99 Å². The van der Waals surface area contributed by atoms with E-state index in [2.05, 4.69) is 10.4 Å². The second-order valence-corrected chi connectivity index (χ2v) is 5.39. The minimum atomic E-state index is 0.690. The van der Waals surface area contributed by atoms with Crippen LogP contribution in [0.2, 0.25) is 0 Å². The second-order valence-electron chi connectivity index (χ2n) is 5.39. The van der Waals surface area contributed by atoms with E-state index in [4.69, 9.17) is 23.0 Å². The molecule has 0 amide bonds. The maximum absolute atomic E-state index is 5.80. The minimum absolute atomic E-state index is 0.690. The molecule has 2 aromatic carbocycles. The first-order valence-corrected chi connectivity index (χ1v) is 7.25. The molecule has 0 saturated heterocycles. The third kappa shape index (κ3) is 4.62. The summed E-state index contributed by atoms with van der Waals surface area (Å²) in [5.74, 6) is 5.24. The van der Waals surface area contributed by atoms with Gasteiger partial charge >= 0.3 is 0 Å². The molecule has 0 atom stereocenters. The first-order valence-electron chi connectivity index (χ1n) is 7.25. The molecule has 2 aromatic rings. The zero-order valence-electron chi connectivity index (χ0n) is 14.1. The fourth-order valence-corrected chi connectivity index (χ4v) is 1.98. The number of nitrogens with two attached hydrogens (primary N) is 4. The lowest BCUT2D eigenvalue weighted by atomic mass is 10.1. The summed E-state index contributed by atoms with van der Waals surface area (Å²) < 4.78 is 0. The van der Waals surface area contributed by atoms with Crippen molar-refractivity contribution in [1.82, 2.24) is 0 Å². The largest absolute Gasteiger partial charge is 0.397 e. The van der Waals surface area contributed by atoms with E-state index in [1.807, 2.05) is 52.0 Å². The lowest BCUT2D eigenvalue weighted by molar-refractivity contribution is 1.30. The van der Waals surface area contributed by atoms with Crippen molar-refractivity contribution in [2.24, 2.45) is 16.6 Å². The van der Waals surface area contributed by atoms with Crippen molar-refractivity contribution < 1.29 is 0 Å². The van der Waals surface area contributed by atoms with Crippen LogP contribution < -0.4 is 28.5 Å². The number of nitrogens with one attached hydrogen (secondary N) is 1. The molecule has 0 aromatic heterocycles. The molecule has 6 nitrogen and oxygen atoms in total. The van der Waals surface area contributed by atoms with Crippen LogP contribution in [0.5, 0.6) is 0 Å². The molecule has 0 unspecified atom stereocenters. The van der Waals surface area contributed by atoms with Crippen LogP contribution in [-0.2, 0) is 0 Å². The van der Waals surface area contributed by atoms with Crippen molar-refractivity contribution in [3.05, 3.63) is 46.5 Å². The number of nitrogen functional groups attached to an aromatic ring is 3. The van der Waals surface area contributed by atoms with Crippen LogP contribution in [0.15, 0.2) is 29.3 Å². The molecule has 0 radical (unpaired) electrons. The molecular formula is C17H26N6. The highest BCUT2D eigenvalue weighted by Crippen LogP contribution is 2.26. The highest BCUT2D eigenvalue weighted by atomic mass is 15.2. The lowest BCUT2D eigenvalue weighted by Crippen LogP contribution is -2.09. The van der Waals surface area contributed by atoms with Gasteiger partial charge in [0.1, 0.15) is 0 Å². The maximum Gasteiger partial charge on any atom is 0.0879 e. The van der Waals surface area contributed by atoms with Gasteiger partial charge in [0.15, 0.2) is 0 Å². The number of benzene rings is 2. The van der Waals surface area contributed by atoms with Crippen LogP contribution in [0.1, 0.15) is 22.3 Å². The Morgan fingerprint density at radius 2 is 1.57 bits per heavy atom. The average Bonchev–Trinajstić information content (AvgIpc) is 2.52. The fourth-order valence-electron chi connectivity index (χ4n) is 1.98. The van der Waals surface area contributed by atoms with Crippen LogP contribution >= 0.6 is 0 Å². The van der Waals surface area contributed by atoms with Gasteiger partial charge in [0, 0.05) is 0 Å². The molecule has 0 fully saturated rings. The molecule has 0 bridgehead atoms. The summed E-state index contributed by atoms with van der Waals surface area (Å²) in [4.78, 5) is 3.94. The topological polar surface area (TPSA) is 128 Å². The van der Waals surface area contributed by atoms with E-state index >= 15 is 0 Å². The van der Waals surface area contributed by atoms with E-state index < -0.39 is 0 Å². The molecule has 6 heteroatoms. The van der Waals surface area contributed by atoms with E-state index in [-0.39, 0.29) is 0 Å². The molecule has 0 aliphatic carbocycles. The highest BCUT2D eigenvalue weighted by Gasteiger charge is 2.02. The summed E-state index contributed by atoms with van der Waals surface area (Å²) in [6, 6.07) is 7.68. The van der Waals surface area contributed by atoms with E-state index in [1.54, 1.807) is 0 Å². The first kappa shape index (κ1) is 18.3. The van der Waals surface area contributed by atoms with Gasteiger partial charge in [-0.3, -0.25) is 5.84 Å². The van der Waals surface area contributed by atoms with Crippen LogP contribution in [0.4, 0.5) is 22.7 Å². The summed E-state index contributed by atoms with van der Waals surface area (Å²) in [5, 5.41) is 0. The zero-order valence-corrected chi connectivity index (χ0v) is 14.1. The van der Waals surface area contributed by atoms with Crippen LogP contribution in [0, 0.1) is 27.7 Å². The molecule has 0 aliphatic heterocycles. The van der Waals surface area contributed by atoms with Crippen molar-refractivity contribution in [2.75, 3.05) is 16.9 Å². The molecule has 0 saturated carbocycles. The Morgan fingerprint density at radius 3 is 2.13 bits per heavy atom. The van der Waals surface area contributed by atoms with E-state index in [1.165, 1.54) is 23.0 Å². The molecule has 9 N–H and O–H groups in total. The number of hydrazine groups is 1. The van der Waals surface area contributed by atoms with Gasteiger partial charge in [-0.2, -0.15) is 0 Å². The molecule has 0 spiro atoms. The molecule has 0 aliphatic rings. The Morgan fingerprint density at radius 1 is 0.957 bits per heavy atom. The monoisotopic (exact) mass is 314 g/mol. The second kappa shape index (κ2) is 8.05. The summed E-state index contributed by atoms with van der Waals surface area (Å²) in [5.41, 5.74) is 26.7. The fraction of sp³-hybridized carbons (Fsp3) is 0.235. The van der Waals surface area contributed by atoms with Gasteiger partial charge in [-0.15, -0.1) is 0 Å². The Hall–Kier alpha value is -2.73. The Kier molecular flexibility index (Phi) is 6.41. The van der Waals surface area contributed by atoms with Gasteiger partial charge in [0.2, 0.25) is 0 Å². The average molecular weight is 314 g/mol. The molecule has 2 rings (SSSR count).